The molecule has 0 bridgehead atoms. The van der Waals surface area contributed by atoms with Crippen LogP contribution < -0.4 is 0 Å². The van der Waals surface area contributed by atoms with Crippen LogP contribution in [0.3, 0.4) is 0 Å². The van der Waals surface area contributed by atoms with Crippen molar-refractivity contribution in [2.24, 2.45) is 0 Å². The molecule has 3 atom stereocenters. The normalized spacial score (nSPS) is 19.0. The number of rotatable bonds is 5. The summed E-state index contributed by atoms with van der Waals surface area (Å²) in [4.78, 5) is 25.7. The molecular weight excluding hydrogens is 378 g/mol. The molecule has 9 heteroatoms. The fraction of sp³-hybridized carbons (Fsp3) is 0.579. The molecule has 1 aliphatic rings. The van der Waals surface area contributed by atoms with E-state index in [2.05, 4.69) is 22.0 Å². The zero-order chi connectivity index (χ0) is 20.0. The zero-order valence-corrected chi connectivity index (χ0v) is 17.1. The predicted molar refractivity (Wildman–Crippen MR) is 107 cm³/mol. The SMILES string of the molecule is CC(O)CN(CC(C)O)C(=O)c1nc2c3c4c(sc3ncn2n1)CCCC4C. The lowest BCUT2D eigenvalue weighted by Crippen LogP contribution is -2.41. The van der Waals surface area contributed by atoms with E-state index in [4.69, 9.17) is 0 Å². The van der Waals surface area contributed by atoms with Crippen LogP contribution in [0.4, 0.5) is 0 Å². The number of fused-ring (bicyclic) bond motifs is 5. The molecule has 1 aliphatic carbocycles. The van der Waals surface area contributed by atoms with E-state index in [1.54, 1.807) is 36.0 Å². The smallest absolute Gasteiger partial charge is 0.293 e. The number of aromatic nitrogens is 4. The Kier molecular flexibility index (Phi) is 5.07. The van der Waals surface area contributed by atoms with Crippen LogP contribution in [0.1, 0.15) is 60.6 Å². The molecule has 4 rings (SSSR count). The number of amides is 1. The molecule has 3 heterocycles. The zero-order valence-electron chi connectivity index (χ0n) is 16.3. The summed E-state index contributed by atoms with van der Waals surface area (Å²) in [7, 11) is 0. The van der Waals surface area contributed by atoms with Crippen molar-refractivity contribution in [1.82, 2.24) is 24.5 Å². The van der Waals surface area contributed by atoms with Crippen molar-refractivity contribution in [3.05, 3.63) is 22.6 Å². The van der Waals surface area contributed by atoms with E-state index in [0.29, 0.717) is 11.6 Å². The van der Waals surface area contributed by atoms with E-state index in [1.807, 2.05) is 0 Å². The van der Waals surface area contributed by atoms with Gasteiger partial charge in [0.15, 0.2) is 5.65 Å². The van der Waals surface area contributed by atoms with Crippen LogP contribution in [0.25, 0.3) is 15.9 Å². The molecule has 3 aromatic heterocycles. The summed E-state index contributed by atoms with van der Waals surface area (Å²) >= 11 is 1.71. The van der Waals surface area contributed by atoms with Crippen LogP contribution in [0.2, 0.25) is 0 Å². The van der Waals surface area contributed by atoms with Crippen LogP contribution in [-0.2, 0) is 6.42 Å². The van der Waals surface area contributed by atoms with E-state index in [0.717, 1.165) is 23.1 Å². The fourth-order valence-electron chi connectivity index (χ4n) is 4.00. The molecule has 28 heavy (non-hydrogen) atoms. The standard InChI is InChI=1S/C19H25N5O3S/c1-10-5-4-6-13-14(10)15-17-21-16(22-24(17)9-20-18(15)28-13)19(27)23(7-11(2)25)8-12(3)26/h9-12,25-26H,4-8H2,1-3H3. The van der Waals surface area contributed by atoms with Gasteiger partial charge in [-0.25, -0.2) is 14.5 Å². The van der Waals surface area contributed by atoms with Gasteiger partial charge in [0.1, 0.15) is 11.2 Å². The molecule has 0 aliphatic heterocycles. The highest BCUT2D eigenvalue weighted by molar-refractivity contribution is 7.19. The topological polar surface area (TPSA) is 104 Å². The van der Waals surface area contributed by atoms with Crippen molar-refractivity contribution in [2.75, 3.05) is 13.1 Å². The molecule has 8 nitrogen and oxygen atoms in total. The van der Waals surface area contributed by atoms with Gasteiger partial charge < -0.3 is 15.1 Å². The number of carbonyl (C=O) groups excluding carboxylic acids is 1. The Morgan fingerprint density at radius 2 is 2.07 bits per heavy atom. The highest BCUT2D eigenvalue weighted by atomic mass is 32.1. The van der Waals surface area contributed by atoms with E-state index >= 15 is 0 Å². The van der Waals surface area contributed by atoms with Crippen LogP contribution >= 0.6 is 11.3 Å². The van der Waals surface area contributed by atoms with Crippen molar-refractivity contribution in [3.63, 3.8) is 0 Å². The van der Waals surface area contributed by atoms with E-state index in [9.17, 15) is 15.0 Å². The Hall–Kier alpha value is -2.10. The molecule has 3 aromatic rings. The van der Waals surface area contributed by atoms with Crippen LogP contribution in [-0.4, -0.2) is 65.9 Å². The summed E-state index contributed by atoms with van der Waals surface area (Å²) in [6, 6.07) is 0. The summed E-state index contributed by atoms with van der Waals surface area (Å²) in [6.07, 6.45) is 3.55. The average Bonchev–Trinajstić information content (AvgIpc) is 3.20. The van der Waals surface area contributed by atoms with Crippen molar-refractivity contribution in [2.45, 2.75) is 58.2 Å². The maximum atomic E-state index is 13.0. The van der Waals surface area contributed by atoms with E-state index < -0.39 is 18.1 Å². The first-order valence-corrected chi connectivity index (χ1v) is 10.5. The molecule has 0 spiro atoms. The number of thiophene rings is 1. The molecule has 3 unspecified atom stereocenters. The van der Waals surface area contributed by atoms with Crippen LogP contribution in [0.15, 0.2) is 6.33 Å². The number of aryl methyl sites for hydroxylation is 1. The van der Waals surface area contributed by atoms with Gasteiger partial charge in [-0.15, -0.1) is 16.4 Å². The molecular formula is C19H25N5O3S. The molecule has 0 fully saturated rings. The minimum Gasteiger partial charge on any atom is -0.392 e. The highest BCUT2D eigenvalue weighted by Gasteiger charge is 2.27. The summed E-state index contributed by atoms with van der Waals surface area (Å²) in [5, 5.41) is 24.8. The maximum Gasteiger partial charge on any atom is 0.293 e. The minimum absolute atomic E-state index is 0.0546. The third-order valence-electron chi connectivity index (χ3n) is 5.12. The Balaban J connectivity index is 1.79. The fourth-order valence-corrected chi connectivity index (χ4v) is 5.29. The largest absolute Gasteiger partial charge is 0.392 e. The lowest BCUT2D eigenvalue weighted by molar-refractivity contribution is 0.0507. The highest BCUT2D eigenvalue weighted by Crippen LogP contribution is 2.42. The first kappa shape index (κ1) is 19.2. The van der Waals surface area contributed by atoms with Crippen LogP contribution in [0, 0.1) is 0 Å². The Labute approximate surface area is 166 Å². The van der Waals surface area contributed by atoms with Gasteiger partial charge >= 0.3 is 0 Å². The summed E-state index contributed by atoms with van der Waals surface area (Å²) < 4.78 is 1.56. The monoisotopic (exact) mass is 403 g/mol. The number of carbonyl (C=O) groups is 1. The van der Waals surface area contributed by atoms with Gasteiger partial charge in [-0.1, -0.05) is 6.92 Å². The quantitative estimate of drug-likeness (QED) is 0.675. The summed E-state index contributed by atoms with van der Waals surface area (Å²) in [5.74, 6) is 0.0816. The predicted octanol–water partition coefficient (Wildman–Crippen LogP) is 1.98. The lowest BCUT2D eigenvalue weighted by atomic mass is 9.87. The average molecular weight is 404 g/mol. The molecule has 1 amide bonds. The Morgan fingerprint density at radius 3 is 2.75 bits per heavy atom. The van der Waals surface area contributed by atoms with Gasteiger partial charge in [0.25, 0.3) is 5.91 Å². The lowest BCUT2D eigenvalue weighted by Gasteiger charge is -2.23. The second-order valence-corrected chi connectivity index (χ2v) is 8.85. The summed E-state index contributed by atoms with van der Waals surface area (Å²) in [5.41, 5.74) is 1.94. The molecule has 0 saturated carbocycles. The molecule has 2 N–H and O–H groups in total. The van der Waals surface area contributed by atoms with E-state index in [1.165, 1.54) is 21.8 Å². The van der Waals surface area contributed by atoms with Gasteiger partial charge in [0.05, 0.1) is 17.6 Å². The molecule has 0 aromatic carbocycles. The van der Waals surface area contributed by atoms with Gasteiger partial charge in [-0.2, -0.15) is 0 Å². The number of aliphatic hydroxyl groups is 2. The number of hydrogen-bond donors (Lipinski definition) is 2. The van der Waals surface area contributed by atoms with Crippen molar-refractivity contribution in [1.29, 1.82) is 0 Å². The van der Waals surface area contributed by atoms with Crippen LogP contribution in [0.5, 0.6) is 0 Å². The minimum atomic E-state index is -0.710. The van der Waals surface area contributed by atoms with Gasteiger partial charge in [0.2, 0.25) is 5.82 Å². The van der Waals surface area contributed by atoms with E-state index in [-0.39, 0.29) is 18.9 Å². The molecule has 0 saturated heterocycles. The third kappa shape index (κ3) is 3.38. The second-order valence-electron chi connectivity index (χ2n) is 7.77. The van der Waals surface area contributed by atoms with Gasteiger partial charge in [-0.05, 0) is 44.6 Å². The molecule has 150 valence electrons. The molecule has 0 radical (unpaired) electrons. The Bertz CT molecular complexity index is 1020. The van der Waals surface area contributed by atoms with Gasteiger partial charge in [0, 0.05) is 18.0 Å². The Morgan fingerprint density at radius 1 is 1.36 bits per heavy atom. The van der Waals surface area contributed by atoms with Crippen molar-refractivity contribution in [3.8, 4) is 0 Å². The van der Waals surface area contributed by atoms with Crippen molar-refractivity contribution >= 4 is 33.1 Å². The summed E-state index contributed by atoms with van der Waals surface area (Å²) in [6.45, 7) is 5.65. The third-order valence-corrected chi connectivity index (χ3v) is 6.30. The number of aliphatic hydroxyl groups excluding tert-OH is 2. The first-order valence-electron chi connectivity index (χ1n) is 9.67. The maximum absolute atomic E-state index is 13.0. The second kappa shape index (κ2) is 7.38. The number of hydrogen-bond acceptors (Lipinski definition) is 7. The first-order chi connectivity index (χ1) is 13.3. The number of nitrogens with zero attached hydrogens (tertiary/aromatic N) is 5. The van der Waals surface area contributed by atoms with Crippen molar-refractivity contribution < 1.29 is 15.0 Å². The van der Waals surface area contributed by atoms with Gasteiger partial charge in [-0.3, -0.25) is 4.79 Å².